The largest absolute Gasteiger partial charge is 0.375 e. The number of rotatable bonds is 5. The van der Waals surface area contributed by atoms with E-state index in [0.29, 0.717) is 34.9 Å². The normalized spacial score (nSPS) is 10.7. The summed E-state index contributed by atoms with van der Waals surface area (Å²) in [6.07, 6.45) is 1.34. The van der Waals surface area contributed by atoms with Gasteiger partial charge in [0, 0.05) is 16.5 Å². The SMILES string of the molecule is NC(=O)c1cc(-c2nn[nH]n2)ccc1CCc1csc(N)n1. The first-order chi connectivity index (χ1) is 10.6. The monoisotopic (exact) mass is 315 g/mol. The molecule has 2 heterocycles. The molecule has 8 nitrogen and oxygen atoms in total. The third-order valence-electron chi connectivity index (χ3n) is 3.20. The van der Waals surface area contributed by atoms with Gasteiger partial charge in [-0.05, 0) is 29.7 Å². The number of aryl methyl sites for hydroxylation is 2. The van der Waals surface area contributed by atoms with Crippen molar-refractivity contribution in [2.24, 2.45) is 5.73 Å². The van der Waals surface area contributed by atoms with Gasteiger partial charge in [0.1, 0.15) is 0 Å². The van der Waals surface area contributed by atoms with E-state index < -0.39 is 5.91 Å². The summed E-state index contributed by atoms with van der Waals surface area (Å²) < 4.78 is 0. The fraction of sp³-hybridized carbons (Fsp3) is 0.154. The van der Waals surface area contributed by atoms with Crippen LogP contribution in [0.2, 0.25) is 0 Å². The first-order valence-electron chi connectivity index (χ1n) is 6.50. The lowest BCUT2D eigenvalue weighted by atomic mass is 9.99. The Hall–Kier alpha value is -2.81. The van der Waals surface area contributed by atoms with Gasteiger partial charge in [0.15, 0.2) is 5.13 Å². The van der Waals surface area contributed by atoms with Gasteiger partial charge >= 0.3 is 0 Å². The molecule has 2 aromatic heterocycles. The summed E-state index contributed by atoms with van der Waals surface area (Å²) in [6, 6.07) is 5.36. The number of tetrazole rings is 1. The lowest BCUT2D eigenvalue weighted by molar-refractivity contribution is 0.0999. The van der Waals surface area contributed by atoms with Gasteiger partial charge in [-0.2, -0.15) is 5.21 Å². The molecule has 5 N–H and O–H groups in total. The highest BCUT2D eigenvalue weighted by Gasteiger charge is 2.13. The number of anilines is 1. The molecule has 0 aliphatic carbocycles. The second kappa shape index (κ2) is 5.90. The van der Waals surface area contributed by atoms with Gasteiger partial charge in [-0.3, -0.25) is 4.79 Å². The minimum Gasteiger partial charge on any atom is -0.375 e. The lowest BCUT2D eigenvalue weighted by Crippen LogP contribution is -2.14. The fourth-order valence-corrected chi connectivity index (χ4v) is 2.74. The highest BCUT2D eigenvalue weighted by atomic mass is 32.1. The van der Waals surface area contributed by atoms with E-state index in [4.69, 9.17) is 11.5 Å². The van der Waals surface area contributed by atoms with Gasteiger partial charge in [0.25, 0.3) is 0 Å². The first kappa shape index (κ1) is 14.1. The van der Waals surface area contributed by atoms with E-state index in [2.05, 4.69) is 25.6 Å². The number of thiazole rings is 1. The Bertz CT molecular complexity index is 797. The molecule has 0 saturated carbocycles. The van der Waals surface area contributed by atoms with E-state index in [1.165, 1.54) is 11.3 Å². The molecule has 0 unspecified atom stereocenters. The topological polar surface area (TPSA) is 136 Å². The predicted molar refractivity (Wildman–Crippen MR) is 82.1 cm³/mol. The molecule has 3 aromatic rings. The van der Waals surface area contributed by atoms with Crippen molar-refractivity contribution in [2.75, 3.05) is 5.73 Å². The van der Waals surface area contributed by atoms with Crippen molar-refractivity contribution < 1.29 is 4.79 Å². The maximum atomic E-state index is 11.7. The highest BCUT2D eigenvalue weighted by molar-refractivity contribution is 7.13. The zero-order valence-corrected chi connectivity index (χ0v) is 12.3. The summed E-state index contributed by atoms with van der Waals surface area (Å²) in [5, 5.41) is 16.1. The second-order valence-corrected chi connectivity index (χ2v) is 5.54. The van der Waals surface area contributed by atoms with E-state index in [9.17, 15) is 4.79 Å². The van der Waals surface area contributed by atoms with Gasteiger partial charge in [-0.1, -0.05) is 12.1 Å². The van der Waals surface area contributed by atoms with E-state index in [1.54, 1.807) is 6.07 Å². The van der Waals surface area contributed by atoms with Gasteiger partial charge in [-0.25, -0.2) is 4.98 Å². The van der Waals surface area contributed by atoms with Crippen LogP contribution in [0.15, 0.2) is 23.6 Å². The van der Waals surface area contributed by atoms with Gasteiger partial charge < -0.3 is 11.5 Å². The number of carbonyl (C=O) groups excluding carboxylic acids is 1. The van der Waals surface area contributed by atoms with Crippen LogP contribution in [0.4, 0.5) is 5.13 Å². The number of H-pyrrole nitrogens is 1. The Morgan fingerprint density at radius 2 is 2.18 bits per heavy atom. The number of nitrogens with one attached hydrogen (secondary N) is 1. The van der Waals surface area contributed by atoms with Crippen molar-refractivity contribution in [1.29, 1.82) is 0 Å². The Morgan fingerprint density at radius 1 is 1.32 bits per heavy atom. The Morgan fingerprint density at radius 3 is 2.82 bits per heavy atom. The van der Waals surface area contributed by atoms with Crippen LogP contribution in [0.1, 0.15) is 21.6 Å². The molecule has 112 valence electrons. The van der Waals surface area contributed by atoms with Crippen molar-refractivity contribution in [3.63, 3.8) is 0 Å². The molecule has 0 aliphatic heterocycles. The smallest absolute Gasteiger partial charge is 0.249 e. The van der Waals surface area contributed by atoms with E-state index in [1.807, 2.05) is 17.5 Å². The molecule has 3 rings (SSSR count). The number of primary amides is 1. The Labute approximate surface area is 129 Å². The maximum Gasteiger partial charge on any atom is 0.249 e. The minimum absolute atomic E-state index is 0.418. The molecular weight excluding hydrogens is 302 g/mol. The molecule has 22 heavy (non-hydrogen) atoms. The number of nitrogen functional groups attached to an aromatic ring is 1. The molecule has 0 radical (unpaired) electrons. The fourth-order valence-electron chi connectivity index (χ4n) is 2.15. The maximum absolute atomic E-state index is 11.7. The van der Waals surface area contributed by atoms with Crippen molar-refractivity contribution >= 4 is 22.4 Å². The van der Waals surface area contributed by atoms with Crippen LogP contribution >= 0.6 is 11.3 Å². The van der Waals surface area contributed by atoms with Gasteiger partial charge in [0.05, 0.1) is 5.69 Å². The standard InChI is InChI=1S/C13H13N7OS/c14-11(21)10-5-8(12-17-19-20-18-12)2-1-7(10)3-4-9-6-22-13(15)16-9/h1-2,5-6H,3-4H2,(H2,14,21)(H2,15,16)(H,17,18,19,20). The Balaban J connectivity index is 1.85. The summed E-state index contributed by atoms with van der Waals surface area (Å²) in [6.45, 7) is 0. The summed E-state index contributed by atoms with van der Waals surface area (Å²) in [7, 11) is 0. The van der Waals surface area contributed by atoms with E-state index in [0.717, 1.165) is 11.3 Å². The zero-order valence-electron chi connectivity index (χ0n) is 11.5. The Kier molecular flexibility index (Phi) is 3.79. The van der Waals surface area contributed by atoms with Crippen molar-refractivity contribution in [3.05, 3.63) is 40.4 Å². The summed E-state index contributed by atoms with van der Waals surface area (Å²) >= 11 is 1.40. The third-order valence-corrected chi connectivity index (χ3v) is 3.92. The van der Waals surface area contributed by atoms with Crippen LogP contribution < -0.4 is 11.5 Å². The zero-order chi connectivity index (χ0) is 15.5. The number of nitrogens with two attached hydrogens (primary N) is 2. The number of carbonyl (C=O) groups is 1. The molecule has 0 aliphatic rings. The molecule has 0 fully saturated rings. The lowest BCUT2D eigenvalue weighted by Gasteiger charge is -2.07. The average molecular weight is 315 g/mol. The summed E-state index contributed by atoms with van der Waals surface area (Å²) in [5.74, 6) is -0.0699. The van der Waals surface area contributed by atoms with E-state index >= 15 is 0 Å². The van der Waals surface area contributed by atoms with Crippen LogP contribution in [0, 0.1) is 0 Å². The van der Waals surface area contributed by atoms with E-state index in [-0.39, 0.29) is 0 Å². The van der Waals surface area contributed by atoms with Crippen molar-refractivity contribution in [1.82, 2.24) is 25.6 Å². The number of nitrogens with zero attached hydrogens (tertiary/aromatic N) is 4. The molecule has 0 spiro atoms. The minimum atomic E-state index is -0.488. The third kappa shape index (κ3) is 2.93. The molecule has 1 amide bonds. The number of aromatic amines is 1. The number of hydrogen-bond acceptors (Lipinski definition) is 7. The number of amides is 1. The number of aromatic nitrogens is 5. The van der Waals surface area contributed by atoms with Crippen LogP contribution in [-0.2, 0) is 12.8 Å². The summed E-state index contributed by atoms with van der Waals surface area (Å²) in [4.78, 5) is 15.9. The molecule has 0 atom stereocenters. The number of benzene rings is 1. The van der Waals surface area contributed by atoms with Crippen LogP contribution in [0.5, 0.6) is 0 Å². The highest BCUT2D eigenvalue weighted by Crippen LogP contribution is 2.21. The van der Waals surface area contributed by atoms with Gasteiger partial charge in [0.2, 0.25) is 11.7 Å². The average Bonchev–Trinajstić information content (AvgIpc) is 3.16. The van der Waals surface area contributed by atoms with Crippen molar-refractivity contribution in [3.8, 4) is 11.4 Å². The molecule has 9 heteroatoms. The van der Waals surface area contributed by atoms with Crippen molar-refractivity contribution in [2.45, 2.75) is 12.8 Å². The first-order valence-corrected chi connectivity index (χ1v) is 7.38. The van der Waals surface area contributed by atoms with Gasteiger partial charge in [-0.15, -0.1) is 21.5 Å². The quantitative estimate of drug-likeness (QED) is 0.636. The van der Waals surface area contributed by atoms with Crippen LogP contribution in [-0.4, -0.2) is 31.5 Å². The second-order valence-electron chi connectivity index (χ2n) is 4.65. The summed E-state index contributed by atoms with van der Waals surface area (Å²) in [5.41, 5.74) is 14.0. The van der Waals surface area contributed by atoms with Crippen LogP contribution in [0.3, 0.4) is 0 Å². The van der Waals surface area contributed by atoms with Crippen LogP contribution in [0.25, 0.3) is 11.4 Å². The molecule has 0 bridgehead atoms. The predicted octanol–water partition coefficient (Wildman–Crippen LogP) is 0.789. The number of hydrogen-bond donors (Lipinski definition) is 3. The molecular formula is C13H13N7OS. The molecule has 0 saturated heterocycles. The molecule has 1 aromatic carbocycles.